The summed E-state index contributed by atoms with van der Waals surface area (Å²) in [4.78, 5) is 11.1. The van der Waals surface area contributed by atoms with Crippen LogP contribution in [0.2, 0.25) is 0 Å². The van der Waals surface area contributed by atoms with Crippen molar-refractivity contribution < 1.29 is 18.3 Å². The second kappa shape index (κ2) is 9.90. The lowest BCUT2D eigenvalue weighted by atomic mass is 9.91. The Morgan fingerprint density at radius 3 is 2.15 bits per heavy atom. The minimum atomic E-state index is -3.38. The second-order valence-corrected chi connectivity index (χ2v) is 7.68. The third kappa shape index (κ3) is 7.74. The summed E-state index contributed by atoms with van der Waals surface area (Å²) in [6.45, 7) is 4.07. The van der Waals surface area contributed by atoms with Gasteiger partial charge >= 0.3 is 11.9 Å². The van der Waals surface area contributed by atoms with Gasteiger partial charge in [-0.25, -0.2) is 4.79 Å². The van der Waals surface area contributed by atoms with Crippen LogP contribution in [0, 0.1) is 0 Å². The number of rotatable bonds is 11. The average molecular weight is 404 g/mol. The van der Waals surface area contributed by atoms with Crippen molar-refractivity contribution in [2.45, 2.75) is 81.0 Å². The fraction of sp³-hybridized carbons (Fsp3) is 0.933. The number of hydrogen-bond donors (Lipinski definition) is 0. The van der Waals surface area contributed by atoms with Crippen molar-refractivity contribution >= 4 is 28.6 Å². The predicted molar refractivity (Wildman–Crippen MR) is 86.6 cm³/mol. The maximum atomic E-state index is 13.7. The van der Waals surface area contributed by atoms with Crippen molar-refractivity contribution in [3.05, 3.63) is 0 Å². The van der Waals surface area contributed by atoms with Crippen molar-refractivity contribution in [2.24, 2.45) is 0 Å². The topological polar surface area (TPSA) is 26.3 Å². The molecule has 0 aromatic carbocycles. The summed E-state index contributed by atoms with van der Waals surface area (Å²) in [5.41, 5.74) is 0. The number of hydrogen-bond acceptors (Lipinski definition) is 2. The SMILES string of the molecule is CCCCCCCCC(I)(CC)CC(F)(F)C(=O)OC. The number of methoxy groups -OCH3 is 1. The summed E-state index contributed by atoms with van der Waals surface area (Å²) in [6, 6.07) is 0. The van der Waals surface area contributed by atoms with E-state index in [0.29, 0.717) is 6.42 Å². The van der Waals surface area contributed by atoms with Crippen LogP contribution in [-0.2, 0) is 9.53 Å². The zero-order valence-corrected chi connectivity index (χ0v) is 15.0. The first-order chi connectivity index (χ1) is 9.31. The molecule has 0 N–H and O–H groups in total. The number of unbranched alkanes of at least 4 members (excludes halogenated alkanes) is 5. The second-order valence-electron chi connectivity index (χ2n) is 5.40. The molecule has 0 aliphatic heterocycles. The minimum absolute atomic E-state index is 0.432. The number of esters is 1. The van der Waals surface area contributed by atoms with Crippen LogP contribution >= 0.6 is 22.6 Å². The number of halogens is 3. The van der Waals surface area contributed by atoms with Gasteiger partial charge in [0.25, 0.3) is 0 Å². The van der Waals surface area contributed by atoms with E-state index in [0.717, 1.165) is 32.8 Å². The molecule has 20 heavy (non-hydrogen) atoms. The molecular weight excluding hydrogens is 377 g/mol. The molecule has 0 amide bonds. The standard InChI is InChI=1S/C15H27F2IO2/c1-4-6-7-8-9-10-11-14(18,5-2)12-15(16,17)13(19)20-3/h4-12H2,1-3H3. The predicted octanol–water partition coefficient (Wildman–Crippen LogP) is 5.52. The largest absolute Gasteiger partial charge is 0.465 e. The highest BCUT2D eigenvalue weighted by Gasteiger charge is 2.46. The summed E-state index contributed by atoms with van der Waals surface area (Å²) >= 11 is 2.09. The Labute approximate surface area is 135 Å². The molecule has 0 aromatic heterocycles. The van der Waals surface area contributed by atoms with Gasteiger partial charge in [0.2, 0.25) is 0 Å². The van der Waals surface area contributed by atoms with Crippen LogP contribution < -0.4 is 0 Å². The molecule has 0 rings (SSSR count). The maximum Gasteiger partial charge on any atom is 0.376 e. The highest BCUT2D eigenvalue weighted by molar-refractivity contribution is 14.1. The van der Waals surface area contributed by atoms with Gasteiger partial charge in [0.1, 0.15) is 0 Å². The lowest BCUT2D eigenvalue weighted by Gasteiger charge is -2.29. The summed E-state index contributed by atoms with van der Waals surface area (Å²) in [5.74, 6) is -4.80. The van der Waals surface area contributed by atoms with E-state index in [2.05, 4.69) is 34.3 Å². The lowest BCUT2D eigenvalue weighted by molar-refractivity contribution is -0.170. The Kier molecular flexibility index (Phi) is 9.93. The molecule has 2 nitrogen and oxygen atoms in total. The van der Waals surface area contributed by atoms with Crippen molar-refractivity contribution in [3.8, 4) is 0 Å². The Balaban J connectivity index is 4.22. The first kappa shape index (κ1) is 20.1. The minimum Gasteiger partial charge on any atom is -0.465 e. The molecule has 1 unspecified atom stereocenters. The molecule has 5 heteroatoms. The van der Waals surface area contributed by atoms with E-state index in [-0.39, 0.29) is 0 Å². The molecule has 0 aromatic rings. The molecule has 0 fully saturated rings. The Morgan fingerprint density at radius 1 is 1.10 bits per heavy atom. The van der Waals surface area contributed by atoms with Gasteiger partial charge in [0.15, 0.2) is 0 Å². The number of carbonyl (C=O) groups is 1. The van der Waals surface area contributed by atoms with Crippen LogP contribution in [0.4, 0.5) is 8.78 Å². The Morgan fingerprint density at radius 2 is 1.65 bits per heavy atom. The van der Waals surface area contributed by atoms with Crippen LogP contribution in [0.3, 0.4) is 0 Å². The lowest BCUT2D eigenvalue weighted by Crippen LogP contribution is -2.38. The molecule has 0 aliphatic carbocycles. The monoisotopic (exact) mass is 404 g/mol. The van der Waals surface area contributed by atoms with Crippen LogP contribution in [0.1, 0.15) is 71.6 Å². The van der Waals surface area contributed by atoms with E-state index in [1.807, 2.05) is 6.92 Å². The van der Waals surface area contributed by atoms with E-state index in [9.17, 15) is 13.6 Å². The summed E-state index contributed by atoms with van der Waals surface area (Å²) < 4.78 is 31.0. The van der Waals surface area contributed by atoms with E-state index < -0.39 is 21.7 Å². The first-order valence-electron chi connectivity index (χ1n) is 7.46. The van der Waals surface area contributed by atoms with E-state index >= 15 is 0 Å². The number of ether oxygens (including phenoxy) is 1. The summed E-state index contributed by atoms with van der Waals surface area (Å²) in [7, 11) is 1.00. The summed E-state index contributed by atoms with van der Waals surface area (Å²) in [6.07, 6.45) is 7.77. The van der Waals surface area contributed by atoms with Crippen LogP contribution in [0.5, 0.6) is 0 Å². The van der Waals surface area contributed by atoms with Crippen molar-refractivity contribution in [1.82, 2.24) is 0 Å². The van der Waals surface area contributed by atoms with E-state index in [1.165, 1.54) is 19.3 Å². The summed E-state index contributed by atoms with van der Waals surface area (Å²) in [5, 5.41) is 0. The molecular formula is C15H27F2IO2. The third-order valence-corrected chi connectivity index (χ3v) is 5.32. The molecule has 0 saturated heterocycles. The number of carbonyl (C=O) groups excluding carboxylic acids is 1. The average Bonchev–Trinajstić information content (AvgIpc) is 2.41. The fourth-order valence-electron chi connectivity index (χ4n) is 2.23. The molecule has 0 saturated carbocycles. The Hall–Kier alpha value is 0.0600. The van der Waals surface area contributed by atoms with Crippen LogP contribution in [0.25, 0.3) is 0 Å². The Bertz CT molecular complexity index is 285. The van der Waals surface area contributed by atoms with Gasteiger partial charge in [-0.2, -0.15) is 8.78 Å². The van der Waals surface area contributed by atoms with Gasteiger partial charge in [-0.15, -0.1) is 0 Å². The molecule has 120 valence electrons. The van der Waals surface area contributed by atoms with Gasteiger partial charge in [-0.1, -0.05) is 75.0 Å². The van der Waals surface area contributed by atoms with Crippen molar-refractivity contribution in [3.63, 3.8) is 0 Å². The highest BCUT2D eigenvalue weighted by atomic mass is 127. The quantitative estimate of drug-likeness (QED) is 0.196. The van der Waals surface area contributed by atoms with Crippen LogP contribution in [0.15, 0.2) is 0 Å². The smallest absolute Gasteiger partial charge is 0.376 e. The maximum absolute atomic E-state index is 13.7. The zero-order chi connectivity index (χ0) is 15.6. The fourth-order valence-corrected chi connectivity index (χ4v) is 3.09. The van der Waals surface area contributed by atoms with Crippen molar-refractivity contribution in [1.29, 1.82) is 0 Å². The molecule has 0 radical (unpaired) electrons. The van der Waals surface area contributed by atoms with Gasteiger partial charge in [0, 0.05) is 9.84 Å². The van der Waals surface area contributed by atoms with Crippen molar-refractivity contribution in [2.75, 3.05) is 7.11 Å². The molecule has 0 bridgehead atoms. The molecule has 0 heterocycles. The van der Waals surface area contributed by atoms with E-state index in [4.69, 9.17) is 0 Å². The highest BCUT2D eigenvalue weighted by Crippen LogP contribution is 2.40. The third-order valence-electron chi connectivity index (χ3n) is 3.63. The van der Waals surface area contributed by atoms with Gasteiger partial charge < -0.3 is 4.74 Å². The number of alkyl halides is 3. The van der Waals surface area contributed by atoms with Crippen LogP contribution in [-0.4, -0.2) is 22.4 Å². The first-order valence-corrected chi connectivity index (χ1v) is 8.54. The molecule has 0 spiro atoms. The van der Waals surface area contributed by atoms with Gasteiger partial charge in [-0.05, 0) is 12.8 Å². The van der Waals surface area contributed by atoms with Gasteiger partial charge in [-0.3, -0.25) is 0 Å². The zero-order valence-electron chi connectivity index (χ0n) is 12.8. The normalized spacial score (nSPS) is 14.9. The molecule has 0 aliphatic rings. The molecule has 1 atom stereocenters. The van der Waals surface area contributed by atoms with Gasteiger partial charge in [0.05, 0.1) is 7.11 Å². The van der Waals surface area contributed by atoms with E-state index in [1.54, 1.807) is 0 Å².